The van der Waals surface area contributed by atoms with Crippen LogP contribution >= 0.6 is 0 Å². The van der Waals surface area contributed by atoms with Crippen molar-refractivity contribution >= 4 is 23.8 Å². The number of hydrogen-bond acceptors (Lipinski definition) is 5. The Morgan fingerprint density at radius 1 is 1.10 bits per heavy atom. The summed E-state index contributed by atoms with van der Waals surface area (Å²) >= 11 is 0. The van der Waals surface area contributed by atoms with Gasteiger partial charge >= 0.3 is 6.03 Å². The van der Waals surface area contributed by atoms with Crippen LogP contribution in [0.3, 0.4) is 0 Å². The zero-order valence-corrected chi connectivity index (χ0v) is 17.3. The Kier molecular flexibility index (Phi) is 7.33. The Labute approximate surface area is 170 Å². The summed E-state index contributed by atoms with van der Waals surface area (Å²) in [5, 5.41) is 6.19. The molecule has 0 radical (unpaired) electrons. The number of nitrogens with one attached hydrogen (secondary N) is 3. The number of amides is 5. The van der Waals surface area contributed by atoms with Crippen molar-refractivity contribution in [3.63, 3.8) is 0 Å². The molecule has 0 spiro atoms. The van der Waals surface area contributed by atoms with Gasteiger partial charge in [0.2, 0.25) is 5.91 Å². The van der Waals surface area contributed by atoms with Gasteiger partial charge in [-0.3, -0.25) is 24.7 Å². The lowest BCUT2D eigenvalue weighted by Gasteiger charge is -2.26. The number of hydrazine groups is 1. The maximum absolute atomic E-state index is 13.0. The van der Waals surface area contributed by atoms with Gasteiger partial charge in [-0.15, -0.1) is 0 Å². The van der Waals surface area contributed by atoms with Crippen molar-refractivity contribution in [1.82, 2.24) is 26.0 Å². The number of carbonyl (C=O) groups is 4. The van der Waals surface area contributed by atoms with Crippen molar-refractivity contribution in [2.45, 2.75) is 45.7 Å². The molecule has 1 fully saturated rings. The quantitative estimate of drug-likeness (QED) is 0.526. The molecule has 1 aromatic rings. The number of nitrogens with zero attached hydrogens (tertiary/aromatic N) is 2. The summed E-state index contributed by atoms with van der Waals surface area (Å²) in [4.78, 5) is 51.4. The van der Waals surface area contributed by atoms with E-state index >= 15 is 0 Å². The number of carbonyl (C=O) groups excluding carboxylic acids is 4. The van der Waals surface area contributed by atoms with E-state index in [1.807, 2.05) is 26.8 Å². The van der Waals surface area contributed by atoms with E-state index in [0.717, 1.165) is 5.01 Å². The molecule has 3 N–H and O–H groups in total. The monoisotopic (exact) mass is 403 g/mol. The third kappa shape index (κ3) is 5.11. The minimum absolute atomic E-state index is 0.00102. The SMILES string of the molecule is CCN(CC(=O)NC(C)C)CC(=O)NN1C(=O)N[C@](CC)(c2ccccc2)C1=O. The lowest BCUT2D eigenvalue weighted by molar-refractivity contribution is -0.140. The van der Waals surface area contributed by atoms with Gasteiger partial charge in [-0.1, -0.05) is 44.2 Å². The highest BCUT2D eigenvalue weighted by Gasteiger charge is 2.52. The summed E-state index contributed by atoms with van der Waals surface area (Å²) < 4.78 is 0. The Morgan fingerprint density at radius 3 is 2.28 bits per heavy atom. The van der Waals surface area contributed by atoms with E-state index < -0.39 is 23.4 Å². The Bertz CT molecular complexity index is 767. The summed E-state index contributed by atoms with van der Waals surface area (Å²) in [7, 11) is 0. The average Bonchev–Trinajstić information content (AvgIpc) is 2.92. The molecule has 9 heteroatoms. The molecule has 0 aliphatic carbocycles. The van der Waals surface area contributed by atoms with Crippen LogP contribution in [0.1, 0.15) is 39.7 Å². The van der Waals surface area contributed by atoms with Gasteiger partial charge in [0, 0.05) is 6.04 Å². The fourth-order valence-corrected chi connectivity index (χ4v) is 3.25. The first-order valence-corrected chi connectivity index (χ1v) is 9.76. The third-order valence-corrected chi connectivity index (χ3v) is 4.76. The van der Waals surface area contributed by atoms with Crippen LogP contribution in [0.5, 0.6) is 0 Å². The second-order valence-corrected chi connectivity index (χ2v) is 7.26. The van der Waals surface area contributed by atoms with Crippen molar-refractivity contribution in [3.05, 3.63) is 35.9 Å². The molecular formula is C20H29N5O4. The Hall–Kier alpha value is -2.94. The fourth-order valence-electron chi connectivity index (χ4n) is 3.25. The molecule has 29 heavy (non-hydrogen) atoms. The molecule has 1 atom stereocenters. The van der Waals surface area contributed by atoms with Crippen LogP contribution in [0, 0.1) is 0 Å². The van der Waals surface area contributed by atoms with Gasteiger partial charge < -0.3 is 10.6 Å². The molecule has 1 heterocycles. The van der Waals surface area contributed by atoms with Crippen molar-refractivity contribution in [2.75, 3.05) is 19.6 Å². The molecule has 1 saturated heterocycles. The topological polar surface area (TPSA) is 111 Å². The van der Waals surface area contributed by atoms with E-state index in [0.29, 0.717) is 18.5 Å². The summed E-state index contributed by atoms with van der Waals surface area (Å²) in [6.45, 7) is 7.71. The molecule has 0 unspecified atom stereocenters. The second-order valence-electron chi connectivity index (χ2n) is 7.26. The predicted octanol–water partition coefficient (Wildman–Crippen LogP) is 0.721. The van der Waals surface area contributed by atoms with E-state index in [1.165, 1.54) is 0 Å². The minimum Gasteiger partial charge on any atom is -0.353 e. The number of benzene rings is 1. The normalized spacial score (nSPS) is 18.9. The fraction of sp³-hybridized carbons (Fsp3) is 0.500. The number of urea groups is 1. The molecule has 158 valence electrons. The zero-order chi connectivity index (χ0) is 21.6. The van der Waals surface area contributed by atoms with Crippen LogP contribution in [-0.4, -0.2) is 59.3 Å². The first-order chi connectivity index (χ1) is 13.7. The maximum Gasteiger partial charge on any atom is 0.344 e. The maximum atomic E-state index is 13.0. The van der Waals surface area contributed by atoms with E-state index in [4.69, 9.17) is 0 Å². The van der Waals surface area contributed by atoms with Crippen LogP contribution < -0.4 is 16.1 Å². The highest BCUT2D eigenvalue weighted by Crippen LogP contribution is 2.31. The molecule has 0 aromatic heterocycles. The van der Waals surface area contributed by atoms with Gasteiger partial charge in [-0.05, 0) is 32.4 Å². The van der Waals surface area contributed by atoms with Gasteiger partial charge in [0.25, 0.3) is 11.8 Å². The van der Waals surface area contributed by atoms with Crippen molar-refractivity contribution in [1.29, 1.82) is 0 Å². The van der Waals surface area contributed by atoms with Gasteiger partial charge in [0.05, 0.1) is 13.1 Å². The second kappa shape index (κ2) is 9.51. The van der Waals surface area contributed by atoms with Crippen LogP contribution in [0.25, 0.3) is 0 Å². The van der Waals surface area contributed by atoms with Gasteiger partial charge in [-0.2, -0.15) is 5.01 Å². The van der Waals surface area contributed by atoms with Crippen LogP contribution in [-0.2, 0) is 19.9 Å². The average molecular weight is 403 g/mol. The van der Waals surface area contributed by atoms with E-state index in [-0.39, 0.29) is 25.0 Å². The molecule has 1 aromatic carbocycles. The van der Waals surface area contributed by atoms with Crippen molar-refractivity contribution in [2.24, 2.45) is 0 Å². The minimum atomic E-state index is -1.22. The highest BCUT2D eigenvalue weighted by molar-refractivity contribution is 6.08. The highest BCUT2D eigenvalue weighted by atomic mass is 16.2. The Balaban J connectivity index is 2.05. The van der Waals surface area contributed by atoms with E-state index in [1.54, 1.807) is 36.1 Å². The number of hydrogen-bond donors (Lipinski definition) is 3. The number of likely N-dealkylation sites (N-methyl/N-ethyl adjacent to an activating group) is 1. The lowest BCUT2D eigenvalue weighted by Crippen LogP contribution is -2.52. The van der Waals surface area contributed by atoms with Gasteiger partial charge in [0.1, 0.15) is 5.54 Å². The van der Waals surface area contributed by atoms with Crippen molar-refractivity contribution < 1.29 is 19.2 Å². The van der Waals surface area contributed by atoms with Crippen LogP contribution in [0.4, 0.5) is 4.79 Å². The van der Waals surface area contributed by atoms with Gasteiger partial charge in [-0.25, -0.2) is 4.79 Å². The largest absolute Gasteiger partial charge is 0.353 e. The summed E-state index contributed by atoms with van der Waals surface area (Å²) in [5.74, 6) is -1.28. The third-order valence-electron chi connectivity index (χ3n) is 4.76. The molecule has 5 amide bonds. The first kappa shape index (κ1) is 22.4. The molecular weight excluding hydrogens is 374 g/mol. The summed E-state index contributed by atoms with van der Waals surface area (Å²) in [6.07, 6.45) is 0.338. The molecule has 1 aliphatic rings. The standard InChI is InChI=1S/C20H29N5O4/c1-5-20(15-10-8-7-9-11-15)18(28)25(19(29)22-20)23-17(27)13-24(6-2)12-16(26)21-14(3)4/h7-11,14H,5-6,12-13H2,1-4H3,(H,21,26)(H,22,29)(H,23,27)/t20-/m1/s1. The molecule has 0 bridgehead atoms. The lowest BCUT2D eigenvalue weighted by atomic mass is 9.87. The summed E-state index contributed by atoms with van der Waals surface area (Å²) in [6, 6.07) is 8.24. The number of rotatable bonds is 9. The van der Waals surface area contributed by atoms with Crippen LogP contribution in [0.2, 0.25) is 0 Å². The first-order valence-electron chi connectivity index (χ1n) is 9.76. The van der Waals surface area contributed by atoms with Crippen LogP contribution in [0.15, 0.2) is 30.3 Å². The zero-order valence-electron chi connectivity index (χ0n) is 17.3. The summed E-state index contributed by atoms with van der Waals surface area (Å²) in [5.41, 5.74) is 1.81. The smallest absolute Gasteiger partial charge is 0.344 e. The predicted molar refractivity (Wildman–Crippen MR) is 107 cm³/mol. The molecule has 2 rings (SSSR count). The molecule has 1 aliphatic heterocycles. The molecule has 0 saturated carbocycles. The van der Waals surface area contributed by atoms with Crippen molar-refractivity contribution in [3.8, 4) is 0 Å². The van der Waals surface area contributed by atoms with E-state index in [2.05, 4.69) is 16.1 Å². The Morgan fingerprint density at radius 2 is 1.72 bits per heavy atom. The van der Waals surface area contributed by atoms with Gasteiger partial charge in [0.15, 0.2) is 0 Å². The van der Waals surface area contributed by atoms with E-state index in [9.17, 15) is 19.2 Å². The molecule has 9 nitrogen and oxygen atoms in total. The number of imide groups is 1.